The van der Waals surface area contributed by atoms with Crippen LogP contribution < -0.4 is 20.1 Å². The van der Waals surface area contributed by atoms with Gasteiger partial charge < -0.3 is 10.6 Å². The molecule has 0 aromatic heterocycles. The lowest BCUT2D eigenvalue weighted by Gasteiger charge is -2.14. The summed E-state index contributed by atoms with van der Waals surface area (Å²) < 4.78 is 52.8. The van der Waals surface area contributed by atoms with Gasteiger partial charge in [-0.1, -0.05) is 72.8 Å². The van der Waals surface area contributed by atoms with Gasteiger partial charge in [-0.25, -0.2) is 35.9 Å². The third-order valence-corrected chi connectivity index (χ3v) is 6.74. The Hall–Kier alpha value is -3.90. The summed E-state index contributed by atoms with van der Waals surface area (Å²) in [5.41, 5.74) is 1.12. The van der Waals surface area contributed by atoms with E-state index in [0.29, 0.717) is 11.1 Å². The van der Waals surface area contributed by atoms with Crippen molar-refractivity contribution in [3.63, 3.8) is 0 Å². The molecule has 4 amide bonds. The van der Waals surface area contributed by atoms with Gasteiger partial charge in [0.2, 0.25) is 20.0 Å². The average molecular weight is 503 g/mol. The minimum Gasteiger partial charge on any atom is -0.305 e. The van der Waals surface area contributed by atoms with Crippen LogP contribution in [0.25, 0.3) is 0 Å². The normalized spacial score (nSPS) is 11.3. The second-order valence-corrected chi connectivity index (χ2v) is 10.6. The van der Waals surface area contributed by atoms with E-state index in [9.17, 15) is 26.4 Å². The zero-order valence-electron chi connectivity index (χ0n) is 17.8. The summed E-state index contributed by atoms with van der Waals surface area (Å²) >= 11 is 0. The first-order valence-corrected chi connectivity index (χ1v) is 13.2. The zero-order valence-corrected chi connectivity index (χ0v) is 19.4. The van der Waals surface area contributed by atoms with E-state index in [1.54, 1.807) is 72.8 Å². The Balaban J connectivity index is 1.61. The molecule has 34 heavy (non-hydrogen) atoms. The first-order chi connectivity index (χ1) is 16.1. The van der Waals surface area contributed by atoms with Gasteiger partial charge in [-0.05, 0) is 23.3 Å². The molecule has 3 aromatic rings. The molecule has 0 atom stereocenters. The van der Waals surface area contributed by atoms with Crippen LogP contribution in [0.15, 0.2) is 84.9 Å². The number of urea groups is 2. The van der Waals surface area contributed by atoms with Crippen molar-refractivity contribution >= 4 is 43.5 Å². The van der Waals surface area contributed by atoms with Crippen molar-refractivity contribution in [1.29, 1.82) is 0 Å². The molecular formula is C22H22N4O6S2. The van der Waals surface area contributed by atoms with E-state index in [-0.39, 0.29) is 11.4 Å². The number of anilines is 2. The van der Waals surface area contributed by atoms with Gasteiger partial charge >= 0.3 is 12.1 Å². The fourth-order valence-corrected chi connectivity index (χ4v) is 5.01. The molecule has 0 heterocycles. The minimum atomic E-state index is -3.98. The van der Waals surface area contributed by atoms with Crippen molar-refractivity contribution in [1.82, 2.24) is 9.44 Å². The second kappa shape index (κ2) is 10.8. The Labute approximate surface area is 197 Å². The van der Waals surface area contributed by atoms with Crippen molar-refractivity contribution in [2.75, 3.05) is 10.6 Å². The molecule has 10 nitrogen and oxygen atoms in total. The average Bonchev–Trinajstić information content (AvgIpc) is 2.75. The lowest BCUT2D eigenvalue weighted by molar-refractivity contribution is 0.255. The summed E-state index contributed by atoms with van der Waals surface area (Å²) in [7, 11) is -7.97. The molecule has 0 aliphatic carbocycles. The predicted molar refractivity (Wildman–Crippen MR) is 129 cm³/mol. The van der Waals surface area contributed by atoms with E-state index < -0.39 is 43.6 Å². The standard InChI is InChI=1S/C22H22N4O6S2/c27-21(25-33(29,30)15-17-9-3-1-4-10-17)23-19-13-7-8-14-20(19)24-22(28)26-34(31,32)16-18-11-5-2-6-12-18/h1-14H,15-16H2,(H2,23,25,27)(H2,24,26,28). The molecular weight excluding hydrogens is 480 g/mol. The lowest BCUT2D eigenvalue weighted by Crippen LogP contribution is -2.37. The molecule has 0 saturated heterocycles. The Bertz CT molecular complexity index is 1260. The highest BCUT2D eigenvalue weighted by molar-refractivity contribution is 7.89. The van der Waals surface area contributed by atoms with Gasteiger partial charge in [-0.3, -0.25) is 0 Å². The summed E-state index contributed by atoms with van der Waals surface area (Å²) in [6, 6.07) is 20.5. The monoisotopic (exact) mass is 502 g/mol. The second-order valence-electron chi connectivity index (χ2n) is 7.15. The fraction of sp³-hybridized carbons (Fsp3) is 0.0909. The lowest BCUT2D eigenvalue weighted by atomic mass is 10.2. The highest BCUT2D eigenvalue weighted by Crippen LogP contribution is 2.21. The topological polar surface area (TPSA) is 151 Å². The SMILES string of the molecule is O=C(Nc1ccccc1NC(=O)NS(=O)(=O)Cc1ccccc1)NS(=O)(=O)Cc1ccccc1. The number of benzene rings is 3. The number of carbonyl (C=O) groups excluding carboxylic acids is 2. The van der Waals surface area contributed by atoms with Crippen LogP contribution in [0.3, 0.4) is 0 Å². The predicted octanol–water partition coefficient (Wildman–Crippen LogP) is 2.99. The molecule has 0 bridgehead atoms. The molecule has 4 N–H and O–H groups in total. The molecule has 0 aliphatic heterocycles. The van der Waals surface area contributed by atoms with Crippen LogP contribution in [-0.4, -0.2) is 28.9 Å². The summed E-state index contributed by atoms with van der Waals surface area (Å²) in [6.07, 6.45) is 0. The van der Waals surface area contributed by atoms with Gasteiger partial charge in [0.05, 0.1) is 22.9 Å². The molecule has 0 unspecified atom stereocenters. The number of carbonyl (C=O) groups is 2. The van der Waals surface area contributed by atoms with Crippen LogP contribution in [0.5, 0.6) is 0 Å². The van der Waals surface area contributed by atoms with Crippen molar-refractivity contribution < 1.29 is 26.4 Å². The Morgan fingerprint density at radius 1 is 0.529 bits per heavy atom. The van der Waals surface area contributed by atoms with Gasteiger partial charge in [0.25, 0.3) is 0 Å². The number of para-hydroxylation sites is 2. The molecule has 178 valence electrons. The first kappa shape index (κ1) is 24.7. The zero-order chi connectivity index (χ0) is 24.6. The third kappa shape index (κ3) is 7.90. The largest absolute Gasteiger partial charge is 0.332 e. The van der Waals surface area contributed by atoms with Gasteiger partial charge in [0, 0.05) is 0 Å². The van der Waals surface area contributed by atoms with Crippen molar-refractivity contribution in [3.05, 3.63) is 96.1 Å². The maximum atomic E-state index is 12.3. The van der Waals surface area contributed by atoms with E-state index in [0.717, 1.165) is 0 Å². The van der Waals surface area contributed by atoms with Crippen LogP contribution in [0.2, 0.25) is 0 Å². The molecule has 3 rings (SSSR count). The Morgan fingerprint density at radius 3 is 1.21 bits per heavy atom. The molecule has 0 fully saturated rings. The maximum Gasteiger partial charge on any atom is 0.332 e. The fourth-order valence-electron chi connectivity index (χ4n) is 2.94. The van der Waals surface area contributed by atoms with Crippen molar-refractivity contribution in [2.24, 2.45) is 0 Å². The van der Waals surface area contributed by atoms with E-state index in [2.05, 4.69) is 10.6 Å². The summed E-state index contributed by atoms with van der Waals surface area (Å²) in [6.45, 7) is 0. The third-order valence-electron chi connectivity index (χ3n) is 4.32. The summed E-state index contributed by atoms with van der Waals surface area (Å²) in [5, 5.41) is 4.68. The van der Waals surface area contributed by atoms with Gasteiger partial charge in [0.1, 0.15) is 0 Å². The van der Waals surface area contributed by atoms with Crippen molar-refractivity contribution in [2.45, 2.75) is 11.5 Å². The number of hydrogen-bond donors (Lipinski definition) is 4. The van der Waals surface area contributed by atoms with E-state index in [4.69, 9.17) is 0 Å². The van der Waals surface area contributed by atoms with E-state index >= 15 is 0 Å². The maximum absolute atomic E-state index is 12.3. The molecule has 0 spiro atoms. The van der Waals surface area contributed by atoms with Gasteiger partial charge in [0.15, 0.2) is 0 Å². The molecule has 0 saturated carbocycles. The highest BCUT2D eigenvalue weighted by atomic mass is 32.2. The molecule has 0 radical (unpaired) electrons. The van der Waals surface area contributed by atoms with Crippen molar-refractivity contribution in [3.8, 4) is 0 Å². The van der Waals surface area contributed by atoms with Gasteiger partial charge in [-0.15, -0.1) is 0 Å². The Morgan fingerprint density at radius 2 is 0.853 bits per heavy atom. The molecule has 0 aliphatic rings. The van der Waals surface area contributed by atoms with Crippen LogP contribution in [0.1, 0.15) is 11.1 Å². The van der Waals surface area contributed by atoms with E-state index in [1.807, 2.05) is 9.44 Å². The number of hydrogen-bond acceptors (Lipinski definition) is 6. The number of nitrogens with one attached hydrogen (secondary N) is 4. The smallest absolute Gasteiger partial charge is 0.305 e. The molecule has 3 aromatic carbocycles. The minimum absolute atomic E-state index is 0.0607. The number of amides is 4. The summed E-state index contributed by atoms with van der Waals surface area (Å²) in [4.78, 5) is 24.5. The first-order valence-electron chi connectivity index (χ1n) is 9.92. The highest BCUT2D eigenvalue weighted by Gasteiger charge is 2.19. The van der Waals surface area contributed by atoms with Crippen LogP contribution in [0.4, 0.5) is 21.0 Å². The summed E-state index contributed by atoms with van der Waals surface area (Å²) in [5.74, 6) is -0.800. The van der Waals surface area contributed by atoms with Crippen LogP contribution in [-0.2, 0) is 31.6 Å². The quantitative estimate of drug-likeness (QED) is 0.372. The van der Waals surface area contributed by atoms with Gasteiger partial charge in [-0.2, -0.15) is 0 Å². The molecule has 12 heteroatoms. The number of sulfonamides is 2. The van der Waals surface area contributed by atoms with E-state index in [1.165, 1.54) is 12.1 Å². The van der Waals surface area contributed by atoms with Crippen LogP contribution >= 0.6 is 0 Å². The Kier molecular flexibility index (Phi) is 7.87. The van der Waals surface area contributed by atoms with Crippen LogP contribution in [0, 0.1) is 0 Å². The number of rotatable bonds is 8.